The fourth-order valence-electron chi connectivity index (χ4n) is 2.75. The molecule has 0 amide bonds. The van der Waals surface area contributed by atoms with E-state index in [2.05, 4.69) is 33.6 Å². The molecular formula is C21H22N4O2. The van der Waals surface area contributed by atoms with E-state index < -0.39 is 0 Å². The quantitative estimate of drug-likeness (QED) is 0.623. The van der Waals surface area contributed by atoms with E-state index >= 15 is 0 Å². The normalized spacial score (nSPS) is 10.3. The highest BCUT2D eigenvalue weighted by Gasteiger charge is 2.08. The van der Waals surface area contributed by atoms with Gasteiger partial charge in [-0.15, -0.1) is 0 Å². The molecule has 1 aromatic heterocycles. The molecule has 0 bridgehead atoms. The minimum atomic E-state index is -0.379. The predicted molar refractivity (Wildman–Crippen MR) is 107 cm³/mol. The number of esters is 1. The first-order chi connectivity index (χ1) is 13.1. The van der Waals surface area contributed by atoms with Gasteiger partial charge in [-0.25, -0.2) is 9.78 Å². The molecule has 0 radical (unpaired) electrons. The number of hydrogen-bond acceptors (Lipinski definition) is 6. The van der Waals surface area contributed by atoms with Crippen LogP contribution < -0.4 is 10.6 Å². The maximum atomic E-state index is 11.7. The van der Waals surface area contributed by atoms with Gasteiger partial charge in [0.15, 0.2) is 0 Å². The van der Waals surface area contributed by atoms with Gasteiger partial charge in [-0.2, -0.15) is 4.98 Å². The summed E-state index contributed by atoms with van der Waals surface area (Å²) < 4.78 is 4.77. The molecule has 0 fully saturated rings. The second-order valence-corrected chi connectivity index (χ2v) is 6.05. The van der Waals surface area contributed by atoms with Gasteiger partial charge >= 0.3 is 5.97 Å². The zero-order valence-electron chi connectivity index (χ0n) is 15.6. The lowest BCUT2D eigenvalue weighted by Crippen LogP contribution is -2.05. The summed E-state index contributed by atoms with van der Waals surface area (Å²) in [6, 6.07) is 17.0. The molecule has 2 aromatic carbocycles. The highest BCUT2D eigenvalue weighted by Crippen LogP contribution is 2.22. The Hall–Kier alpha value is -3.41. The van der Waals surface area contributed by atoms with E-state index in [1.54, 1.807) is 18.2 Å². The molecule has 0 saturated heterocycles. The van der Waals surface area contributed by atoms with Crippen molar-refractivity contribution < 1.29 is 9.53 Å². The van der Waals surface area contributed by atoms with Gasteiger partial charge in [-0.05, 0) is 43.2 Å². The molecule has 0 atom stereocenters. The topological polar surface area (TPSA) is 76.1 Å². The van der Waals surface area contributed by atoms with Crippen molar-refractivity contribution in [3.05, 3.63) is 71.4 Å². The maximum absolute atomic E-state index is 11.7. The van der Waals surface area contributed by atoms with Crippen LogP contribution in [0.25, 0.3) is 0 Å². The fraction of sp³-hybridized carbons (Fsp3) is 0.190. The molecule has 3 rings (SSSR count). The summed E-state index contributed by atoms with van der Waals surface area (Å²) in [6.07, 6.45) is 0.917. The third-order valence-corrected chi connectivity index (χ3v) is 4.06. The molecule has 0 saturated carbocycles. The number of aryl methyl sites for hydroxylation is 2. The van der Waals surface area contributed by atoms with Gasteiger partial charge in [0.1, 0.15) is 5.82 Å². The summed E-state index contributed by atoms with van der Waals surface area (Å²) >= 11 is 0. The molecule has 0 spiro atoms. The minimum Gasteiger partial charge on any atom is -0.465 e. The number of carbonyl (C=O) groups excluding carboxylic acids is 1. The van der Waals surface area contributed by atoms with Crippen molar-refractivity contribution >= 4 is 29.1 Å². The summed E-state index contributed by atoms with van der Waals surface area (Å²) in [5.74, 6) is 0.777. The van der Waals surface area contributed by atoms with Crippen molar-refractivity contribution in [2.45, 2.75) is 20.3 Å². The number of hydrogen-bond donors (Lipinski definition) is 2. The van der Waals surface area contributed by atoms with Gasteiger partial charge in [0.05, 0.1) is 12.7 Å². The molecule has 0 aliphatic heterocycles. The maximum Gasteiger partial charge on any atom is 0.337 e. The number of methoxy groups -OCH3 is 1. The Morgan fingerprint density at radius 3 is 2.63 bits per heavy atom. The number of anilines is 4. The number of ether oxygens (including phenoxy) is 1. The molecule has 6 nitrogen and oxygen atoms in total. The molecule has 2 N–H and O–H groups in total. The Balaban J connectivity index is 1.84. The molecule has 1 heterocycles. The van der Waals surface area contributed by atoms with Crippen molar-refractivity contribution in [2.75, 3.05) is 17.7 Å². The monoisotopic (exact) mass is 362 g/mol. The van der Waals surface area contributed by atoms with Gasteiger partial charge in [-0.1, -0.05) is 31.2 Å². The van der Waals surface area contributed by atoms with E-state index in [0.29, 0.717) is 17.3 Å². The summed E-state index contributed by atoms with van der Waals surface area (Å²) in [7, 11) is 1.36. The first kappa shape index (κ1) is 18.4. The first-order valence-corrected chi connectivity index (χ1v) is 8.75. The largest absolute Gasteiger partial charge is 0.465 e. The van der Waals surface area contributed by atoms with Crippen LogP contribution in [0.1, 0.15) is 28.5 Å². The highest BCUT2D eigenvalue weighted by atomic mass is 16.5. The Morgan fingerprint density at radius 1 is 1.04 bits per heavy atom. The fourth-order valence-corrected chi connectivity index (χ4v) is 2.75. The second kappa shape index (κ2) is 8.31. The van der Waals surface area contributed by atoms with E-state index in [0.717, 1.165) is 23.5 Å². The lowest BCUT2D eigenvalue weighted by atomic mass is 10.1. The number of nitrogens with zero attached hydrogens (tertiary/aromatic N) is 2. The summed E-state index contributed by atoms with van der Waals surface area (Å²) in [4.78, 5) is 20.7. The van der Waals surface area contributed by atoms with Crippen LogP contribution in [-0.4, -0.2) is 23.0 Å². The average molecular weight is 362 g/mol. The van der Waals surface area contributed by atoms with Crippen molar-refractivity contribution in [1.29, 1.82) is 0 Å². The predicted octanol–water partition coefficient (Wildman–Crippen LogP) is 4.62. The highest BCUT2D eigenvalue weighted by molar-refractivity contribution is 5.90. The number of carbonyl (C=O) groups is 1. The molecular weight excluding hydrogens is 340 g/mol. The molecule has 6 heteroatoms. The van der Waals surface area contributed by atoms with Crippen LogP contribution in [0.3, 0.4) is 0 Å². The van der Waals surface area contributed by atoms with Crippen molar-refractivity contribution in [3.8, 4) is 0 Å². The third kappa shape index (κ3) is 4.61. The Bertz CT molecular complexity index is 956. The van der Waals surface area contributed by atoms with E-state index in [1.807, 2.05) is 37.3 Å². The Morgan fingerprint density at radius 2 is 1.85 bits per heavy atom. The zero-order chi connectivity index (χ0) is 19.2. The molecule has 138 valence electrons. The van der Waals surface area contributed by atoms with Crippen LogP contribution in [0.4, 0.5) is 23.1 Å². The molecule has 27 heavy (non-hydrogen) atoms. The molecule has 3 aromatic rings. The standard InChI is InChI=1S/C21H22N4O2/c1-4-15-8-5-6-11-18(15)24-21-22-14(2)12-19(25-21)23-17-10-7-9-16(13-17)20(26)27-3/h5-13H,4H2,1-3H3,(H2,22,23,24,25). The van der Waals surface area contributed by atoms with Crippen LogP contribution in [0, 0.1) is 6.92 Å². The lowest BCUT2D eigenvalue weighted by molar-refractivity contribution is 0.0601. The van der Waals surface area contributed by atoms with Crippen LogP contribution >= 0.6 is 0 Å². The molecule has 0 aliphatic carbocycles. The Labute approximate surface area is 158 Å². The van der Waals surface area contributed by atoms with Crippen LogP contribution in [0.5, 0.6) is 0 Å². The minimum absolute atomic E-state index is 0.379. The van der Waals surface area contributed by atoms with Crippen molar-refractivity contribution in [1.82, 2.24) is 9.97 Å². The number of nitrogens with one attached hydrogen (secondary N) is 2. The van der Waals surface area contributed by atoms with Gasteiger partial charge in [0, 0.05) is 23.1 Å². The van der Waals surface area contributed by atoms with Gasteiger partial charge in [-0.3, -0.25) is 0 Å². The van der Waals surface area contributed by atoms with Gasteiger partial charge in [0.25, 0.3) is 0 Å². The lowest BCUT2D eigenvalue weighted by Gasteiger charge is -2.12. The number of aromatic nitrogens is 2. The number of rotatable bonds is 6. The summed E-state index contributed by atoms with van der Waals surface area (Å²) in [5.41, 5.74) is 4.24. The van der Waals surface area contributed by atoms with Crippen LogP contribution in [0.15, 0.2) is 54.6 Å². The van der Waals surface area contributed by atoms with E-state index in [9.17, 15) is 4.79 Å². The van der Waals surface area contributed by atoms with Gasteiger partial charge < -0.3 is 15.4 Å². The van der Waals surface area contributed by atoms with Crippen molar-refractivity contribution in [3.63, 3.8) is 0 Å². The molecule has 0 aliphatic rings. The zero-order valence-corrected chi connectivity index (χ0v) is 15.6. The van der Waals surface area contributed by atoms with E-state index in [-0.39, 0.29) is 5.97 Å². The van der Waals surface area contributed by atoms with E-state index in [4.69, 9.17) is 4.74 Å². The third-order valence-electron chi connectivity index (χ3n) is 4.06. The van der Waals surface area contributed by atoms with E-state index in [1.165, 1.54) is 12.7 Å². The van der Waals surface area contributed by atoms with Gasteiger partial charge in [0.2, 0.25) is 5.95 Å². The summed E-state index contributed by atoms with van der Waals surface area (Å²) in [6.45, 7) is 4.02. The average Bonchev–Trinajstić information content (AvgIpc) is 2.67. The SMILES string of the molecule is CCc1ccccc1Nc1nc(C)cc(Nc2cccc(C(=O)OC)c2)n1. The smallest absolute Gasteiger partial charge is 0.337 e. The second-order valence-electron chi connectivity index (χ2n) is 6.05. The van der Waals surface area contributed by atoms with Crippen molar-refractivity contribution in [2.24, 2.45) is 0 Å². The number of para-hydroxylation sites is 1. The number of benzene rings is 2. The first-order valence-electron chi connectivity index (χ1n) is 8.75. The Kier molecular flexibility index (Phi) is 5.66. The summed E-state index contributed by atoms with van der Waals surface area (Å²) in [5, 5.41) is 6.51. The molecule has 0 unspecified atom stereocenters. The van der Waals surface area contributed by atoms with Crippen LogP contribution in [-0.2, 0) is 11.2 Å². The van der Waals surface area contributed by atoms with Crippen LogP contribution in [0.2, 0.25) is 0 Å².